The quantitative estimate of drug-likeness (QED) is 0.871. The molecular formula is C14H17NO3. The number of ether oxygens (including phenoxy) is 1. The lowest BCUT2D eigenvalue weighted by atomic mass is 9.92. The van der Waals surface area contributed by atoms with Gasteiger partial charge in [0.05, 0.1) is 12.0 Å². The van der Waals surface area contributed by atoms with Gasteiger partial charge in [-0.1, -0.05) is 0 Å². The van der Waals surface area contributed by atoms with E-state index in [0.717, 1.165) is 0 Å². The molecule has 1 aliphatic heterocycles. The Bertz CT molecular complexity index is 506. The first-order valence-corrected chi connectivity index (χ1v) is 6.07. The minimum absolute atomic E-state index is 0.0207. The van der Waals surface area contributed by atoms with Gasteiger partial charge in [0.2, 0.25) is 0 Å². The highest BCUT2D eigenvalue weighted by Crippen LogP contribution is 2.33. The van der Waals surface area contributed by atoms with Gasteiger partial charge in [0.25, 0.3) is 5.91 Å². The normalized spacial score (nSPS) is 16.7. The molecule has 0 spiro atoms. The summed E-state index contributed by atoms with van der Waals surface area (Å²) in [7, 11) is 0. The maximum atomic E-state index is 12.0. The Balaban J connectivity index is 2.36. The molecule has 0 saturated heterocycles. The molecule has 1 heterocycles. The van der Waals surface area contributed by atoms with Gasteiger partial charge in [-0.05, 0) is 39.0 Å². The summed E-state index contributed by atoms with van der Waals surface area (Å²) in [5.41, 5.74) is 0.516. The van der Waals surface area contributed by atoms with Crippen molar-refractivity contribution in [2.75, 3.05) is 6.54 Å². The summed E-state index contributed by atoms with van der Waals surface area (Å²) >= 11 is 0. The van der Waals surface area contributed by atoms with Crippen molar-refractivity contribution in [1.29, 1.82) is 0 Å². The van der Waals surface area contributed by atoms with E-state index >= 15 is 0 Å². The number of hydrogen-bond donors (Lipinski definition) is 1. The minimum atomic E-state index is -0.475. The zero-order valence-corrected chi connectivity index (χ0v) is 10.9. The van der Waals surface area contributed by atoms with E-state index in [0.29, 0.717) is 29.8 Å². The molecule has 4 nitrogen and oxygen atoms in total. The van der Waals surface area contributed by atoms with Crippen LogP contribution in [0, 0.1) is 0 Å². The molecule has 0 saturated carbocycles. The number of fused-ring (bicyclic) bond motifs is 1. The van der Waals surface area contributed by atoms with E-state index in [1.807, 2.05) is 20.8 Å². The first-order valence-electron chi connectivity index (χ1n) is 6.07. The van der Waals surface area contributed by atoms with Crippen LogP contribution in [-0.4, -0.2) is 23.8 Å². The van der Waals surface area contributed by atoms with Crippen molar-refractivity contribution < 1.29 is 14.3 Å². The predicted molar refractivity (Wildman–Crippen MR) is 68.1 cm³/mol. The third kappa shape index (κ3) is 2.37. The zero-order valence-electron chi connectivity index (χ0n) is 10.9. The molecule has 0 aliphatic carbocycles. The summed E-state index contributed by atoms with van der Waals surface area (Å²) < 4.78 is 5.73. The molecule has 2 rings (SSSR count). The number of amides is 1. The average molecular weight is 247 g/mol. The molecule has 18 heavy (non-hydrogen) atoms. The number of carbonyl (C=O) groups excluding carboxylic acids is 2. The Hall–Kier alpha value is -1.84. The Morgan fingerprint density at radius 2 is 2.17 bits per heavy atom. The Morgan fingerprint density at radius 3 is 2.83 bits per heavy atom. The highest BCUT2D eigenvalue weighted by atomic mass is 16.5. The largest absolute Gasteiger partial charge is 0.487 e. The molecule has 96 valence electrons. The second-order valence-corrected chi connectivity index (χ2v) is 5.03. The number of benzene rings is 1. The molecule has 0 aromatic heterocycles. The third-order valence-corrected chi connectivity index (χ3v) is 2.85. The monoisotopic (exact) mass is 247 g/mol. The van der Waals surface area contributed by atoms with Crippen molar-refractivity contribution in [1.82, 2.24) is 5.32 Å². The van der Waals surface area contributed by atoms with Crippen molar-refractivity contribution in [3.63, 3.8) is 0 Å². The lowest BCUT2D eigenvalue weighted by Gasteiger charge is -2.31. The van der Waals surface area contributed by atoms with Gasteiger partial charge in [-0.3, -0.25) is 9.59 Å². The highest BCUT2D eigenvalue weighted by molar-refractivity contribution is 6.03. The summed E-state index contributed by atoms with van der Waals surface area (Å²) in [6, 6.07) is 4.98. The second-order valence-electron chi connectivity index (χ2n) is 5.03. The van der Waals surface area contributed by atoms with E-state index < -0.39 is 5.60 Å². The SMILES string of the molecule is CCNC(=O)c1ccc2c(c1)C(=O)CC(C)(C)O2. The van der Waals surface area contributed by atoms with Gasteiger partial charge in [-0.25, -0.2) is 0 Å². The van der Waals surface area contributed by atoms with Crippen molar-refractivity contribution >= 4 is 11.7 Å². The van der Waals surface area contributed by atoms with Gasteiger partial charge in [0.15, 0.2) is 5.78 Å². The summed E-state index contributed by atoms with van der Waals surface area (Å²) in [4.78, 5) is 23.7. The number of Topliss-reactive ketones (excluding diaryl/α,β-unsaturated/α-hetero) is 1. The van der Waals surface area contributed by atoms with Crippen LogP contribution >= 0.6 is 0 Å². The molecule has 0 fully saturated rings. The Labute approximate surface area is 106 Å². The maximum Gasteiger partial charge on any atom is 0.251 e. The van der Waals surface area contributed by atoms with Crippen LogP contribution in [-0.2, 0) is 0 Å². The van der Waals surface area contributed by atoms with Crippen LogP contribution in [0.3, 0.4) is 0 Å². The van der Waals surface area contributed by atoms with E-state index in [2.05, 4.69) is 5.32 Å². The smallest absolute Gasteiger partial charge is 0.251 e. The average Bonchev–Trinajstić information content (AvgIpc) is 2.27. The van der Waals surface area contributed by atoms with Gasteiger partial charge < -0.3 is 10.1 Å². The fraction of sp³-hybridized carbons (Fsp3) is 0.429. The standard InChI is InChI=1S/C14H17NO3/c1-4-15-13(17)9-5-6-12-10(7-9)11(16)8-14(2,3)18-12/h5-7H,4,8H2,1-3H3,(H,15,17). The predicted octanol–water partition coefficient (Wildman–Crippen LogP) is 2.18. The highest BCUT2D eigenvalue weighted by Gasteiger charge is 2.32. The third-order valence-electron chi connectivity index (χ3n) is 2.85. The van der Waals surface area contributed by atoms with Crippen molar-refractivity contribution in [3.05, 3.63) is 29.3 Å². The molecule has 1 N–H and O–H groups in total. The first-order chi connectivity index (χ1) is 8.43. The van der Waals surface area contributed by atoms with Gasteiger partial charge in [-0.15, -0.1) is 0 Å². The Kier molecular flexibility index (Phi) is 3.11. The van der Waals surface area contributed by atoms with Crippen LogP contribution < -0.4 is 10.1 Å². The lowest BCUT2D eigenvalue weighted by molar-refractivity contribution is 0.0620. The number of hydrogen-bond acceptors (Lipinski definition) is 3. The van der Waals surface area contributed by atoms with Crippen LogP contribution in [0.4, 0.5) is 0 Å². The van der Waals surface area contributed by atoms with Crippen LogP contribution in [0.25, 0.3) is 0 Å². The van der Waals surface area contributed by atoms with Gasteiger partial charge in [0, 0.05) is 12.1 Å². The summed E-state index contributed by atoms with van der Waals surface area (Å²) in [5, 5.41) is 2.71. The van der Waals surface area contributed by atoms with Gasteiger partial charge >= 0.3 is 0 Å². The summed E-state index contributed by atoms with van der Waals surface area (Å²) in [6.07, 6.45) is 0.332. The molecule has 1 aromatic carbocycles. The molecule has 4 heteroatoms. The molecule has 0 bridgehead atoms. The molecule has 0 atom stereocenters. The van der Waals surface area contributed by atoms with Crippen LogP contribution in [0.1, 0.15) is 47.9 Å². The fourth-order valence-corrected chi connectivity index (χ4v) is 2.06. The summed E-state index contributed by atoms with van der Waals surface area (Å²) in [5.74, 6) is 0.412. The lowest BCUT2D eigenvalue weighted by Crippen LogP contribution is -2.36. The number of rotatable bonds is 2. The molecule has 0 radical (unpaired) electrons. The van der Waals surface area contributed by atoms with Crippen molar-refractivity contribution in [2.45, 2.75) is 32.8 Å². The number of nitrogens with one attached hydrogen (secondary N) is 1. The van der Waals surface area contributed by atoms with Gasteiger partial charge in [-0.2, -0.15) is 0 Å². The molecular weight excluding hydrogens is 230 g/mol. The number of carbonyl (C=O) groups is 2. The van der Waals surface area contributed by atoms with E-state index in [4.69, 9.17) is 4.74 Å². The first kappa shape index (κ1) is 12.6. The molecule has 1 aliphatic rings. The van der Waals surface area contributed by atoms with Gasteiger partial charge in [0.1, 0.15) is 11.4 Å². The second kappa shape index (κ2) is 4.44. The van der Waals surface area contributed by atoms with E-state index in [-0.39, 0.29) is 11.7 Å². The zero-order chi connectivity index (χ0) is 13.3. The summed E-state index contributed by atoms with van der Waals surface area (Å²) in [6.45, 7) is 6.18. The molecule has 1 aromatic rings. The van der Waals surface area contributed by atoms with Crippen LogP contribution in [0.2, 0.25) is 0 Å². The van der Waals surface area contributed by atoms with E-state index in [9.17, 15) is 9.59 Å². The number of ketones is 1. The molecule has 0 unspecified atom stereocenters. The Morgan fingerprint density at radius 1 is 1.44 bits per heavy atom. The van der Waals surface area contributed by atoms with E-state index in [1.165, 1.54) is 0 Å². The minimum Gasteiger partial charge on any atom is -0.487 e. The topological polar surface area (TPSA) is 55.4 Å². The van der Waals surface area contributed by atoms with E-state index in [1.54, 1.807) is 18.2 Å². The van der Waals surface area contributed by atoms with Crippen LogP contribution in [0.15, 0.2) is 18.2 Å². The molecule has 1 amide bonds. The fourth-order valence-electron chi connectivity index (χ4n) is 2.06. The van der Waals surface area contributed by atoms with Crippen molar-refractivity contribution in [3.8, 4) is 5.75 Å². The van der Waals surface area contributed by atoms with Crippen molar-refractivity contribution in [2.24, 2.45) is 0 Å². The maximum absolute atomic E-state index is 12.0. The van der Waals surface area contributed by atoms with Crippen LogP contribution in [0.5, 0.6) is 5.75 Å².